The zero-order valence-corrected chi connectivity index (χ0v) is 15.5. The third kappa shape index (κ3) is 7.68. The summed E-state index contributed by atoms with van der Waals surface area (Å²) in [6.45, 7) is -0.218. The fourth-order valence-corrected chi connectivity index (χ4v) is 3.50. The molecule has 2 amide bonds. The van der Waals surface area contributed by atoms with Crippen LogP contribution in [0, 0.1) is 5.92 Å². The highest BCUT2D eigenvalue weighted by molar-refractivity contribution is 5.94. The largest absolute Gasteiger partial charge is 0.484 e. The summed E-state index contributed by atoms with van der Waals surface area (Å²) in [5, 5.41) is 12.0. The van der Waals surface area contributed by atoms with E-state index in [-0.39, 0.29) is 25.0 Å². The summed E-state index contributed by atoms with van der Waals surface area (Å²) in [6.07, 6.45) is 7.24. The average molecular weight is 376 g/mol. The van der Waals surface area contributed by atoms with Crippen molar-refractivity contribution in [3.05, 3.63) is 29.8 Å². The highest BCUT2D eigenvalue weighted by Gasteiger charge is 2.21. The second-order valence-corrected chi connectivity index (χ2v) is 7.12. The van der Waals surface area contributed by atoms with Crippen LogP contribution >= 0.6 is 0 Å². The molecule has 4 N–H and O–H groups in total. The Morgan fingerprint density at radius 3 is 2.41 bits per heavy atom. The molecule has 7 heteroatoms. The predicted octanol–water partition coefficient (Wildman–Crippen LogP) is 2.48. The van der Waals surface area contributed by atoms with E-state index in [9.17, 15) is 14.4 Å². The molecule has 0 aliphatic heterocycles. The lowest BCUT2D eigenvalue weighted by Crippen LogP contribution is -2.37. The van der Waals surface area contributed by atoms with Crippen molar-refractivity contribution in [2.75, 3.05) is 6.61 Å². The molecule has 0 aromatic heterocycles. The topological polar surface area (TPSA) is 119 Å². The summed E-state index contributed by atoms with van der Waals surface area (Å²) in [5.74, 6) is -0.658. The Labute approximate surface area is 159 Å². The van der Waals surface area contributed by atoms with Crippen LogP contribution in [-0.2, 0) is 9.59 Å². The van der Waals surface area contributed by atoms with Gasteiger partial charge in [0.05, 0.1) is 0 Å². The summed E-state index contributed by atoms with van der Waals surface area (Å²) in [6, 6.07) is 6.28. The van der Waals surface area contributed by atoms with Crippen molar-refractivity contribution in [2.45, 2.75) is 57.4 Å². The average Bonchev–Trinajstić information content (AvgIpc) is 2.65. The van der Waals surface area contributed by atoms with Crippen LogP contribution in [-0.4, -0.2) is 35.5 Å². The highest BCUT2D eigenvalue weighted by atomic mass is 16.5. The summed E-state index contributed by atoms with van der Waals surface area (Å²) in [5.41, 5.74) is 5.49. The normalized spacial score (nSPS) is 15.7. The second-order valence-electron chi connectivity index (χ2n) is 7.12. The highest BCUT2D eigenvalue weighted by Crippen LogP contribution is 2.28. The zero-order chi connectivity index (χ0) is 19.6. The van der Waals surface area contributed by atoms with Crippen LogP contribution in [0.4, 0.5) is 0 Å². The Balaban J connectivity index is 1.94. The molecule has 1 unspecified atom stereocenters. The van der Waals surface area contributed by atoms with Crippen LogP contribution in [0.25, 0.3) is 0 Å². The van der Waals surface area contributed by atoms with Crippen LogP contribution in [0.1, 0.15) is 61.7 Å². The molecule has 27 heavy (non-hydrogen) atoms. The van der Waals surface area contributed by atoms with Crippen molar-refractivity contribution in [2.24, 2.45) is 11.7 Å². The van der Waals surface area contributed by atoms with Crippen molar-refractivity contribution in [1.82, 2.24) is 5.32 Å². The number of primary amides is 1. The number of carbonyl (C=O) groups excluding carboxylic acids is 2. The van der Waals surface area contributed by atoms with E-state index < -0.39 is 11.9 Å². The van der Waals surface area contributed by atoms with E-state index >= 15 is 0 Å². The first-order chi connectivity index (χ1) is 12.9. The minimum atomic E-state index is -0.853. The quantitative estimate of drug-likeness (QED) is 0.580. The van der Waals surface area contributed by atoms with Gasteiger partial charge in [0.1, 0.15) is 5.75 Å². The van der Waals surface area contributed by atoms with Gasteiger partial charge >= 0.3 is 5.97 Å². The molecule has 0 saturated heterocycles. The maximum atomic E-state index is 12.5. The fraction of sp³-hybridized carbons (Fsp3) is 0.550. The van der Waals surface area contributed by atoms with Crippen LogP contribution in [0.5, 0.6) is 5.75 Å². The number of rotatable bonds is 10. The van der Waals surface area contributed by atoms with Gasteiger partial charge in [-0.3, -0.25) is 14.4 Å². The first kappa shape index (κ1) is 20.7. The van der Waals surface area contributed by atoms with E-state index in [1.807, 2.05) is 0 Å². The van der Waals surface area contributed by atoms with Gasteiger partial charge in [-0.2, -0.15) is 0 Å². The first-order valence-electron chi connectivity index (χ1n) is 9.48. The van der Waals surface area contributed by atoms with Crippen LogP contribution in [0.2, 0.25) is 0 Å². The maximum Gasteiger partial charge on any atom is 0.303 e. The summed E-state index contributed by atoms with van der Waals surface area (Å²) in [7, 11) is 0. The van der Waals surface area contributed by atoms with Gasteiger partial charge in [0, 0.05) is 18.0 Å². The van der Waals surface area contributed by atoms with Gasteiger partial charge < -0.3 is 20.9 Å². The SMILES string of the molecule is NC(=O)COc1ccc(C(=O)NC(CCC(=O)O)CC2CCCCC2)cc1. The number of aliphatic carboxylic acids is 1. The number of ether oxygens (including phenoxy) is 1. The minimum absolute atomic E-state index is 0.0392. The van der Waals surface area contributed by atoms with Gasteiger partial charge in [-0.1, -0.05) is 32.1 Å². The van der Waals surface area contributed by atoms with E-state index in [0.717, 1.165) is 19.3 Å². The van der Waals surface area contributed by atoms with Gasteiger partial charge in [-0.15, -0.1) is 0 Å². The molecule has 1 aromatic carbocycles. The lowest BCUT2D eigenvalue weighted by molar-refractivity contribution is -0.137. The van der Waals surface area contributed by atoms with Crippen molar-refractivity contribution in [3.8, 4) is 5.75 Å². The first-order valence-corrected chi connectivity index (χ1v) is 9.48. The standard InChI is InChI=1S/C20H28N2O5/c21-18(23)13-27-17-9-6-15(7-10-17)20(26)22-16(8-11-19(24)25)12-14-4-2-1-3-5-14/h6-7,9-10,14,16H,1-5,8,11-13H2,(H2,21,23)(H,22,26)(H,24,25). The minimum Gasteiger partial charge on any atom is -0.484 e. The van der Waals surface area contributed by atoms with E-state index in [1.165, 1.54) is 19.3 Å². The van der Waals surface area contributed by atoms with Crippen LogP contribution < -0.4 is 15.8 Å². The number of benzene rings is 1. The molecule has 1 aliphatic carbocycles. The smallest absolute Gasteiger partial charge is 0.303 e. The van der Waals surface area contributed by atoms with Crippen molar-refractivity contribution in [3.63, 3.8) is 0 Å². The maximum absolute atomic E-state index is 12.5. The predicted molar refractivity (Wildman–Crippen MR) is 100 cm³/mol. The number of nitrogens with one attached hydrogen (secondary N) is 1. The Bertz CT molecular complexity index is 638. The zero-order valence-electron chi connectivity index (χ0n) is 15.5. The number of carboxylic acids is 1. The molecule has 0 bridgehead atoms. The lowest BCUT2D eigenvalue weighted by atomic mass is 9.84. The molecule has 0 spiro atoms. The molecule has 0 heterocycles. The van der Waals surface area contributed by atoms with Crippen molar-refractivity contribution in [1.29, 1.82) is 0 Å². The molecule has 7 nitrogen and oxygen atoms in total. The molecular formula is C20H28N2O5. The third-order valence-electron chi connectivity index (χ3n) is 4.88. The molecule has 0 radical (unpaired) electrons. The fourth-order valence-electron chi connectivity index (χ4n) is 3.50. The molecule has 1 fully saturated rings. The Morgan fingerprint density at radius 2 is 1.81 bits per heavy atom. The van der Waals surface area contributed by atoms with Crippen LogP contribution in [0.3, 0.4) is 0 Å². The Hall–Kier alpha value is -2.57. The number of nitrogens with two attached hydrogens (primary N) is 1. The summed E-state index contributed by atoms with van der Waals surface area (Å²) in [4.78, 5) is 34.2. The molecule has 1 aliphatic rings. The number of carbonyl (C=O) groups is 3. The molecule has 148 valence electrons. The monoisotopic (exact) mass is 376 g/mol. The van der Waals surface area contributed by atoms with E-state index in [4.69, 9.17) is 15.6 Å². The molecular weight excluding hydrogens is 348 g/mol. The van der Waals surface area contributed by atoms with Crippen LogP contribution in [0.15, 0.2) is 24.3 Å². The third-order valence-corrected chi connectivity index (χ3v) is 4.88. The van der Waals surface area contributed by atoms with Gasteiger partial charge in [-0.25, -0.2) is 0 Å². The van der Waals surface area contributed by atoms with E-state index in [2.05, 4.69) is 5.32 Å². The number of amides is 2. The summed E-state index contributed by atoms with van der Waals surface area (Å²) >= 11 is 0. The second kappa shape index (κ2) is 10.5. The summed E-state index contributed by atoms with van der Waals surface area (Å²) < 4.78 is 5.18. The molecule has 1 atom stereocenters. The van der Waals surface area contributed by atoms with E-state index in [1.54, 1.807) is 24.3 Å². The molecule has 1 aromatic rings. The Kier molecular flexibility index (Phi) is 8.10. The van der Waals surface area contributed by atoms with Crippen molar-refractivity contribution < 1.29 is 24.2 Å². The number of hydrogen-bond acceptors (Lipinski definition) is 4. The lowest BCUT2D eigenvalue weighted by Gasteiger charge is -2.27. The van der Waals surface area contributed by atoms with Gasteiger partial charge in [-0.05, 0) is 43.0 Å². The van der Waals surface area contributed by atoms with Gasteiger partial charge in [0.15, 0.2) is 6.61 Å². The van der Waals surface area contributed by atoms with E-state index in [0.29, 0.717) is 23.7 Å². The van der Waals surface area contributed by atoms with Gasteiger partial charge in [0.2, 0.25) is 0 Å². The molecule has 2 rings (SSSR count). The number of hydrogen-bond donors (Lipinski definition) is 3. The van der Waals surface area contributed by atoms with Crippen molar-refractivity contribution >= 4 is 17.8 Å². The van der Waals surface area contributed by atoms with Gasteiger partial charge in [0.25, 0.3) is 11.8 Å². The Morgan fingerprint density at radius 1 is 1.15 bits per heavy atom. The molecule has 1 saturated carbocycles. The number of carboxylic acid groups (broad SMARTS) is 1.